The van der Waals surface area contributed by atoms with Crippen molar-refractivity contribution in [2.75, 3.05) is 6.61 Å². The second kappa shape index (κ2) is 6.23. The van der Waals surface area contributed by atoms with E-state index >= 15 is 0 Å². The average Bonchev–Trinajstić information content (AvgIpc) is 2.42. The maximum absolute atomic E-state index is 9.29. The van der Waals surface area contributed by atoms with Crippen LogP contribution in [0.1, 0.15) is 25.3 Å². The van der Waals surface area contributed by atoms with E-state index in [9.17, 15) is 5.11 Å². The molecule has 19 heavy (non-hydrogen) atoms. The van der Waals surface area contributed by atoms with E-state index < -0.39 is 0 Å². The van der Waals surface area contributed by atoms with Crippen LogP contribution in [0.4, 0.5) is 5.69 Å². The SMILES string of the molecule is CCOC1=CC(=N/c2ccc(C)cc2)/C(=C\O)CC1. The van der Waals surface area contributed by atoms with E-state index in [1.54, 1.807) is 0 Å². The van der Waals surface area contributed by atoms with Crippen LogP contribution in [0.2, 0.25) is 0 Å². The van der Waals surface area contributed by atoms with E-state index in [-0.39, 0.29) is 0 Å². The highest BCUT2D eigenvalue weighted by Gasteiger charge is 2.15. The van der Waals surface area contributed by atoms with Gasteiger partial charge in [0.1, 0.15) is 0 Å². The molecule has 1 aromatic carbocycles. The molecule has 0 saturated carbocycles. The Morgan fingerprint density at radius 3 is 2.63 bits per heavy atom. The van der Waals surface area contributed by atoms with Crippen molar-refractivity contribution < 1.29 is 9.84 Å². The molecule has 3 nitrogen and oxygen atoms in total. The Bertz CT molecular complexity index is 524. The van der Waals surface area contributed by atoms with Crippen LogP contribution in [-0.2, 0) is 4.74 Å². The van der Waals surface area contributed by atoms with Crippen molar-refractivity contribution in [2.45, 2.75) is 26.7 Å². The Morgan fingerprint density at radius 2 is 2.00 bits per heavy atom. The molecule has 1 aliphatic carbocycles. The molecule has 1 aliphatic rings. The minimum Gasteiger partial charge on any atom is -0.515 e. The first-order valence-electron chi connectivity index (χ1n) is 6.55. The molecular formula is C16H19NO2. The van der Waals surface area contributed by atoms with Crippen molar-refractivity contribution in [1.29, 1.82) is 0 Å². The summed E-state index contributed by atoms with van der Waals surface area (Å²) >= 11 is 0. The summed E-state index contributed by atoms with van der Waals surface area (Å²) in [7, 11) is 0. The number of aliphatic imine (C=N–C) groups is 1. The Labute approximate surface area is 113 Å². The molecule has 0 aliphatic heterocycles. The zero-order valence-corrected chi connectivity index (χ0v) is 11.4. The predicted octanol–water partition coefficient (Wildman–Crippen LogP) is 4.22. The van der Waals surface area contributed by atoms with Gasteiger partial charge in [0, 0.05) is 18.1 Å². The van der Waals surface area contributed by atoms with Gasteiger partial charge in [-0.3, -0.25) is 0 Å². The molecule has 0 radical (unpaired) electrons. The van der Waals surface area contributed by atoms with Gasteiger partial charge in [-0.2, -0.15) is 0 Å². The molecule has 0 fully saturated rings. The summed E-state index contributed by atoms with van der Waals surface area (Å²) < 4.78 is 5.53. The van der Waals surface area contributed by atoms with Crippen LogP contribution < -0.4 is 0 Å². The molecule has 1 N–H and O–H groups in total. The van der Waals surface area contributed by atoms with E-state index in [4.69, 9.17) is 4.74 Å². The average molecular weight is 257 g/mol. The topological polar surface area (TPSA) is 41.8 Å². The number of aliphatic hydroxyl groups excluding tert-OH is 1. The molecular weight excluding hydrogens is 238 g/mol. The van der Waals surface area contributed by atoms with Crippen molar-refractivity contribution in [3.05, 3.63) is 53.5 Å². The highest BCUT2D eigenvalue weighted by Crippen LogP contribution is 2.24. The van der Waals surface area contributed by atoms with Crippen LogP contribution in [0.25, 0.3) is 0 Å². The number of aryl methyl sites for hydroxylation is 1. The van der Waals surface area contributed by atoms with Crippen LogP contribution in [0, 0.1) is 6.92 Å². The lowest BCUT2D eigenvalue weighted by Gasteiger charge is -2.17. The Balaban J connectivity index is 2.32. The van der Waals surface area contributed by atoms with Crippen molar-refractivity contribution >= 4 is 11.4 Å². The standard InChI is InChI=1S/C16H19NO2/c1-3-19-15-9-6-13(11-18)16(10-15)17-14-7-4-12(2)5-8-14/h4-5,7-8,10-11,18H,3,6,9H2,1-2H3/b13-11-,17-16-. The second-order valence-electron chi connectivity index (χ2n) is 4.53. The monoisotopic (exact) mass is 257 g/mol. The number of hydrogen-bond donors (Lipinski definition) is 1. The van der Waals surface area contributed by atoms with Crippen molar-refractivity contribution in [3.8, 4) is 0 Å². The lowest BCUT2D eigenvalue weighted by Crippen LogP contribution is -2.09. The molecule has 100 valence electrons. The number of rotatable bonds is 3. The molecule has 2 rings (SSSR count). The number of aliphatic hydroxyl groups is 1. The number of ether oxygens (including phenoxy) is 1. The normalized spacial score (nSPS) is 19.6. The van der Waals surface area contributed by atoms with Gasteiger partial charge in [-0.1, -0.05) is 17.7 Å². The first-order valence-corrected chi connectivity index (χ1v) is 6.55. The first kappa shape index (κ1) is 13.4. The molecule has 3 heteroatoms. The molecule has 0 unspecified atom stereocenters. The Morgan fingerprint density at radius 1 is 1.26 bits per heavy atom. The fourth-order valence-corrected chi connectivity index (χ4v) is 2.00. The molecule has 0 heterocycles. The fourth-order valence-electron chi connectivity index (χ4n) is 2.00. The number of hydrogen-bond acceptors (Lipinski definition) is 3. The molecule has 0 amide bonds. The van der Waals surface area contributed by atoms with Crippen LogP contribution in [0.5, 0.6) is 0 Å². The van der Waals surface area contributed by atoms with E-state index in [0.717, 1.165) is 41.8 Å². The summed E-state index contributed by atoms with van der Waals surface area (Å²) in [5.74, 6) is 0.930. The van der Waals surface area contributed by atoms with E-state index in [2.05, 4.69) is 4.99 Å². The predicted molar refractivity (Wildman–Crippen MR) is 77.9 cm³/mol. The smallest absolute Gasteiger partial charge is 0.0984 e. The number of allylic oxidation sites excluding steroid dienone is 3. The van der Waals surface area contributed by atoms with Gasteiger partial charge in [0.15, 0.2) is 0 Å². The minimum absolute atomic E-state index is 0.655. The van der Waals surface area contributed by atoms with Gasteiger partial charge < -0.3 is 9.84 Å². The second-order valence-corrected chi connectivity index (χ2v) is 4.53. The Kier molecular flexibility index (Phi) is 4.39. The lowest BCUT2D eigenvalue weighted by atomic mass is 9.98. The lowest BCUT2D eigenvalue weighted by molar-refractivity contribution is 0.218. The summed E-state index contributed by atoms with van der Waals surface area (Å²) in [6.07, 6.45) is 4.63. The van der Waals surface area contributed by atoms with E-state index in [1.807, 2.05) is 44.2 Å². The summed E-state index contributed by atoms with van der Waals surface area (Å²) in [5.41, 5.74) is 3.72. The first-order chi connectivity index (χ1) is 9.22. The quantitative estimate of drug-likeness (QED) is 0.823. The molecule has 0 spiro atoms. The molecule has 0 bridgehead atoms. The summed E-state index contributed by atoms with van der Waals surface area (Å²) in [6.45, 7) is 4.67. The summed E-state index contributed by atoms with van der Waals surface area (Å²) in [6, 6.07) is 8.00. The van der Waals surface area contributed by atoms with Gasteiger partial charge in [0.05, 0.1) is 30.0 Å². The third kappa shape index (κ3) is 3.47. The maximum atomic E-state index is 9.29. The zero-order chi connectivity index (χ0) is 13.7. The highest BCUT2D eigenvalue weighted by atomic mass is 16.5. The van der Waals surface area contributed by atoms with E-state index in [0.29, 0.717) is 6.61 Å². The third-order valence-electron chi connectivity index (χ3n) is 3.04. The minimum atomic E-state index is 0.655. The van der Waals surface area contributed by atoms with Crippen molar-refractivity contribution in [1.82, 2.24) is 0 Å². The number of nitrogens with zero attached hydrogens (tertiary/aromatic N) is 1. The van der Waals surface area contributed by atoms with Crippen LogP contribution >= 0.6 is 0 Å². The zero-order valence-electron chi connectivity index (χ0n) is 11.4. The van der Waals surface area contributed by atoms with Gasteiger partial charge in [-0.15, -0.1) is 0 Å². The van der Waals surface area contributed by atoms with Gasteiger partial charge in [-0.25, -0.2) is 4.99 Å². The van der Waals surface area contributed by atoms with Crippen molar-refractivity contribution in [2.24, 2.45) is 4.99 Å². The highest BCUT2D eigenvalue weighted by molar-refractivity contribution is 6.10. The van der Waals surface area contributed by atoms with Crippen molar-refractivity contribution in [3.63, 3.8) is 0 Å². The van der Waals surface area contributed by atoms with Gasteiger partial charge in [0.25, 0.3) is 0 Å². The van der Waals surface area contributed by atoms with Gasteiger partial charge >= 0.3 is 0 Å². The summed E-state index contributed by atoms with van der Waals surface area (Å²) in [4.78, 5) is 4.58. The van der Waals surface area contributed by atoms with Crippen LogP contribution in [-0.4, -0.2) is 17.4 Å². The Hall–Kier alpha value is -2.03. The van der Waals surface area contributed by atoms with E-state index in [1.165, 1.54) is 5.56 Å². The largest absolute Gasteiger partial charge is 0.515 e. The molecule has 1 aromatic rings. The van der Waals surface area contributed by atoms with Crippen LogP contribution in [0.15, 0.2) is 52.9 Å². The molecule has 0 aromatic heterocycles. The van der Waals surface area contributed by atoms with Gasteiger partial charge in [-0.05, 0) is 32.4 Å². The van der Waals surface area contributed by atoms with Gasteiger partial charge in [0.2, 0.25) is 0 Å². The fraction of sp³-hybridized carbons (Fsp3) is 0.312. The molecule has 0 saturated heterocycles. The summed E-state index contributed by atoms with van der Waals surface area (Å²) in [5, 5.41) is 9.29. The number of benzene rings is 1. The maximum Gasteiger partial charge on any atom is 0.0984 e. The third-order valence-corrected chi connectivity index (χ3v) is 3.04. The van der Waals surface area contributed by atoms with Crippen LogP contribution in [0.3, 0.4) is 0 Å². The molecule has 0 atom stereocenters.